The predicted octanol–water partition coefficient (Wildman–Crippen LogP) is 5.19. The van der Waals surface area contributed by atoms with Crippen molar-refractivity contribution < 1.29 is 31.5 Å². The summed E-state index contributed by atoms with van der Waals surface area (Å²) in [6, 6.07) is 2.95. The normalized spacial score (nSPS) is 11.7. The number of hydrogen-bond donors (Lipinski definition) is 1. The Balaban J connectivity index is 0.000000271. The highest BCUT2D eigenvalue weighted by Gasteiger charge is 2.32. The van der Waals surface area contributed by atoms with Crippen LogP contribution in [0.2, 0.25) is 10.0 Å². The second kappa shape index (κ2) is 8.88. The maximum absolute atomic E-state index is 12.1. The highest BCUT2D eigenvalue weighted by Crippen LogP contribution is 2.31. The molecule has 0 spiro atoms. The third-order valence-corrected chi connectivity index (χ3v) is 3.24. The van der Waals surface area contributed by atoms with E-state index < -0.39 is 23.5 Å². The molecule has 0 amide bonds. The number of rotatable bonds is 1. The fourth-order valence-corrected chi connectivity index (χ4v) is 1.85. The molecule has 0 aliphatic heterocycles. The Labute approximate surface area is 157 Å². The Bertz CT molecular complexity index is 877. The Morgan fingerprint density at radius 2 is 1.44 bits per heavy atom. The summed E-state index contributed by atoms with van der Waals surface area (Å²) in [5.74, 6) is 0. The molecule has 0 saturated carbocycles. The van der Waals surface area contributed by atoms with Gasteiger partial charge in [0.2, 0.25) is 0 Å². The average molecular weight is 431 g/mol. The summed E-state index contributed by atoms with van der Waals surface area (Å²) in [5, 5.41) is 18.5. The van der Waals surface area contributed by atoms with E-state index in [0.29, 0.717) is 24.5 Å². The largest absolute Gasteiger partial charge is 0.417 e. The molecule has 0 aromatic carbocycles. The molecular formula is C14H6Cl2F6N4O. The highest BCUT2D eigenvalue weighted by molar-refractivity contribution is 6.32. The molecule has 2 aromatic rings. The van der Waals surface area contributed by atoms with Gasteiger partial charge in [0.05, 0.1) is 27.4 Å². The van der Waals surface area contributed by atoms with Crippen molar-refractivity contribution in [1.29, 1.82) is 5.26 Å². The summed E-state index contributed by atoms with van der Waals surface area (Å²) in [7, 11) is 0. The standard InChI is InChI=1S/C7H4ClF3N2O.C7H2ClF3N2/c8-5-1-4(7(9,10)11)2-12-6(5)3-13-14;8-5-1-4(7(9,10)11)3-13-6(5)2-12/h1-3,14H;1,3H. The lowest BCUT2D eigenvalue weighted by atomic mass is 10.2. The minimum Gasteiger partial charge on any atom is -0.411 e. The lowest BCUT2D eigenvalue weighted by molar-refractivity contribution is -0.138. The van der Waals surface area contributed by atoms with Gasteiger partial charge in [0.1, 0.15) is 11.8 Å². The molecule has 0 atom stereocenters. The van der Waals surface area contributed by atoms with Gasteiger partial charge in [-0.3, -0.25) is 4.98 Å². The summed E-state index contributed by atoms with van der Waals surface area (Å²) in [6.07, 6.45) is -6.92. The zero-order valence-electron chi connectivity index (χ0n) is 12.6. The van der Waals surface area contributed by atoms with E-state index in [1.807, 2.05) is 0 Å². The molecule has 2 heterocycles. The van der Waals surface area contributed by atoms with Crippen molar-refractivity contribution in [3.8, 4) is 6.07 Å². The number of halogens is 8. The third-order valence-electron chi connectivity index (χ3n) is 2.65. The van der Waals surface area contributed by atoms with Gasteiger partial charge in [0.15, 0.2) is 5.69 Å². The molecule has 2 aromatic heterocycles. The average Bonchev–Trinajstić information content (AvgIpc) is 2.55. The van der Waals surface area contributed by atoms with E-state index in [9.17, 15) is 26.3 Å². The van der Waals surface area contributed by atoms with Crippen LogP contribution in [0.4, 0.5) is 26.3 Å². The summed E-state index contributed by atoms with van der Waals surface area (Å²) >= 11 is 10.8. The van der Waals surface area contributed by atoms with Crippen molar-refractivity contribution in [1.82, 2.24) is 9.97 Å². The number of alkyl halides is 6. The molecule has 27 heavy (non-hydrogen) atoms. The third kappa shape index (κ3) is 6.58. The van der Waals surface area contributed by atoms with E-state index in [1.165, 1.54) is 0 Å². The van der Waals surface area contributed by atoms with E-state index in [1.54, 1.807) is 6.07 Å². The molecular weight excluding hydrogens is 425 g/mol. The Hall–Kier alpha value is -2.58. The van der Waals surface area contributed by atoms with Crippen molar-refractivity contribution in [3.63, 3.8) is 0 Å². The van der Waals surface area contributed by atoms with Crippen molar-refractivity contribution in [3.05, 3.63) is 57.1 Å². The fraction of sp³-hybridized carbons (Fsp3) is 0.143. The van der Waals surface area contributed by atoms with Crippen LogP contribution in [0.15, 0.2) is 29.7 Å². The van der Waals surface area contributed by atoms with Gasteiger partial charge in [-0.05, 0) is 12.1 Å². The van der Waals surface area contributed by atoms with E-state index in [4.69, 9.17) is 33.7 Å². The molecule has 0 saturated heterocycles. The molecule has 2 rings (SSSR count). The monoisotopic (exact) mass is 430 g/mol. The first-order valence-corrected chi connectivity index (χ1v) is 7.18. The highest BCUT2D eigenvalue weighted by atomic mass is 35.5. The SMILES string of the molecule is N#Cc1ncc(C(F)(F)F)cc1Cl.ON=Cc1ncc(C(F)(F)F)cc1Cl. The van der Waals surface area contributed by atoms with Gasteiger partial charge in [0, 0.05) is 12.4 Å². The van der Waals surface area contributed by atoms with Gasteiger partial charge in [-0.1, -0.05) is 28.4 Å². The predicted molar refractivity (Wildman–Crippen MR) is 82.6 cm³/mol. The molecule has 0 aliphatic rings. The molecule has 5 nitrogen and oxygen atoms in total. The van der Waals surface area contributed by atoms with Crippen LogP contribution in [0.25, 0.3) is 0 Å². The first-order chi connectivity index (χ1) is 12.4. The van der Waals surface area contributed by atoms with E-state index in [-0.39, 0.29) is 21.4 Å². The van der Waals surface area contributed by atoms with Crippen LogP contribution in [0.3, 0.4) is 0 Å². The zero-order valence-corrected chi connectivity index (χ0v) is 14.2. The molecule has 0 unspecified atom stereocenters. The van der Waals surface area contributed by atoms with Gasteiger partial charge in [-0.15, -0.1) is 0 Å². The number of pyridine rings is 2. The van der Waals surface area contributed by atoms with Crippen LogP contribution in [0.5, 0.6) is 0 Å². The zero-order chi connectivity index (χ0) is 20.8. The lowest BCUT2D eigenvalue weighted by Gasteiger charge is -2.06. The second-order valence-electron chi connectivity index (χ2n) is 4.50. The number of oxime groups is 1. The topological polar surface area (TPSA) is 82.2 Å². The smallest absolute Gasteiger partial charge is 0.411 e. The van der Waals surface area contributed by atoms with E-state index in [0.717, 1.165) is 6.21 Å². The molecule has 0 bridgehead atoms. The van der Waals surface area contributed by atoms with Gasteiger partial charge in [0.25, 0.3) is 0 Å². The van der Waals surface area contributed by atoms with Gasteiger partial charge in [-0.25, -0.2) is 4.98 Å². The van der Waals surface area contributed by atoms with E-state index in [2.05, 4.69) is 15.1 Å². The molecule has 1 N–H and O–H groups in total. The van der Waals surface area contributed by atoms with E-state index >= 15 is 0 Å². The Morgan fingerprint density at radius 1 is 0.963 bits per heavy atom. The summed E-state index contributed by atoms with van der Waals surface area (Å²) in [6.45, 7) is 0. The minimum absolute atomic E-state index is 0.0258. The van der Waals surface area contributed by atoms with Crippen molar-refractivity contribution >= 4 is 29.4 Å². The second-order valence-corrected chi connectivity index (χ2v) is 5.31. The fourth-order valence-electron chi connectivity index (χ4n) is 1.43. The van der Waals surface area contributed by atoms with Crippen LogP contribution in [-0.2, 0) is 12.4 Å². The van der Waals surface area contributed by atoms with Crippen molar-refractivity contribution in [2.75, 3.05) is 0 Å². The first kappa shape index (κ1) is 22.5. The van der Waals surface area contributed by atoms with Gasteiger partial charge < -0.3 is 5.21 Å². The Morgan fingerprint density at radius 3 is 1.81 bits per heavy atom. The maximum atomic E-state index is 12.1. The Kier molecular flexibility index (Phi) is 7.38. The van der Waals surface area contributed by atoms with Crippen molar-refractivity contribution in [2.45, 2.75) is 12.4 Å². The summed E-state index contributed by atoms with van der Waals surface area (Å²) in [5.41, 5.74) is -2.15. The summed E-state index contributed by atoms with van der Waals surface area (Å²) in [4.78, 5) is 6.62. The number of nitriles is 1. The molecule has 144 valence electrons. The quantitative estimate of drug-likeness (QED) is 0.292. The maximum Gasteiger partial charge on any atom is 0.417 e. The number of hydrogen-bond acceptors (Lipinski definition) is 5. The molecule has 13 heteroatoms. The van der Waals surface area contributed by atoms with Gasteiger partial charge >= 0.3 is 12.4 Å². The van der Waals surface area contributed by atoms with Crippen LogP contribution in [0.1, 0.15) is 22.5 Å². The van der Waals surface area contributed by atoms with Crippen LogP contribution in [-0.4, -0.2) is 21.4 Å². The van der Waals surface area contributed by atoms with Crippen LogP contribution < -0.4 is 0 Å². The van der Waals surface area contributed by atoms with Crippen LogP contribution >= 0.6 is 23.2 Å². The number of aromatic nitrogens is 2. The molecule has 0 aliphatic carbocycles. The van der Waals surface area contributed by atoms with Crippen LogP contribution in [0, 0.1) is 11.3 Å². The first-order valence-electron chi connectivity index (χ1n) is 6.43. The molecule has 0 fully saturated rings. The minimum atomic E-state index is -4.48. The lowest BCUT2D eigenvalue weighted by Crippen LogP contribution is -2.06. The number of nitrogens with zero attached hydrogens (tertiary/aromatic N) is 4. The molecule has 0 radical (unpaired) electrons. The van der Waals surface area contributed by atoms with Crippen molar-refractivity contribution in [2.24, 2.45) is 5.16 Å². The summed E-state index contributed by atoms with van der Waals surface area (Å²) < 4.78 is 72.4. The van der Waals surface area contributed by atoms with Gasteiger partial charge in [-0.2, -0.15) is 31.6 Å².